The molecule has 21 nitrogen and oxygen atoms in total. The van der Waals surface area contributed by atoms with Crippen molar-refractivity contribution in [2.75, 3.05) is 7.11 Å². The molecule has 0 aliphatic rings. The maximum absolute atomic E-state index is 8.79. The summed E-state index contributed by atoms with van der Waals surface area (Å²) in [4.78, 5) is 92.6. The smallest absolute Gasteiger partial charge is 0.373 e. The molecule has 19 rings (SSSR count). The quantitative estimate of drug-likeness (QED) is 0.0861. The standard InChI is InChI=1S/C23H18N2OS.C23H18N2S.2C22H16N2S.C16H12N2S.5CO2.CH4/c1-16-20-15-18(26-2)12-14-25(20)23(22(16)17-7-4-3-5-8-17)21-11-10-19(27-21)9-6-13-24;1-16-8-10-18(11-9-16)22-17(2)20-7-3-4-15-25(20)23(22)21-13-12-19(26-21)6-5-14-24;2*1-16-19-11-5-6-15-24(19)22(21(16)17-8-3-2-4-9-17)20-13-12-18(25-20)10-7-14-23;1-12-11-13-5-2-3-10-18(13)16(12)15-8-7-14(19-15)6-4-9-17;5*2-1-3;/h3-12,14-15H,1-2H3;3-13,15H,1-2H3;2*2-13,15H,1H3;2-8,10-11H,1H3;;;;;;1H4/b9-6-;6-5-;2*10-7-;6-4-;;;;;;. The largest absolute Gasteiger partial charge is 0.497 e. The third kappa shape index (κ3) is 25.4. The van der Waals surface area contributed by atoms with Crippen molar-refractivity contribution in [2.45, 2.75) is 49.0 Å². The van der Waals surface area contributed by atoms with E-state index in [9.17, 15) is 0 Å². The van der Waals surface area contributed by atoms with Crippen LogP contribution in [0.1, 0.15) is 65.2 Å². The molecule has 678 valence electrons. The summed E-state index contributed by atoms with van der Waals surface area (Å²) < 4.78 is 16.7. The highest BCUT2D eigenvalue weighted by Crippen LogP contribution is 2.47. The van der Waals surface area contributed by atoms with Crippen molar-refractivity contribution in [1.29, 1.82) is 26.3 Å². The van der Waals surface area contributed by atoms with E-state index in [0.29, 0.717) is 0 Å². The van der Waals surface area contributed by atoms with Crippen LogP contribution in [0.3, 0.4) is 0 Å². The number of carbonyl (C=O) groups excluding carboxylic acids is 10. The Morgan fingerprint density at radius 3 is 0.812 bits per heavy atom. The van der Waals surface area contributed by atoms with Gasteiger partial charge in [0.1, 0.15) is 5.75 Å². The molecular formula is C112H84N10O11S5. The van der Waals surface area contributed by atoms with E-state index in [1.165, 1.54) is 177 Å². The number of hydrogen-bond acceptors (Lipinski definition) is 21. The van der Waals surface area contributed by atoms with Crippen molar-refractivity contribution >= 4 is 145 Å². The number of aromatic nitrogens is 5. The normalized spacial score (nSPS) is 10.2. The summed E-state index contributed by atoms with van der Waals surface area (Å²) in [7, 11) is 1.69. The number of benzene rings is 4. The Balaban J connectivity index is 0.000000186. The second kappa shape index (κ2) is 52.9. The first-order valence-electron chi connectivity index (χ1n) is 41.4. The Bertz CT molecular complexity index is 7740. The predicted molar refractivity (Wildman–Crippen MR) is 545 cm³/mol. The number of nitriles is 5. The SMILES string of the molecule is C.COc1ccn2c(-c3ccc(/C=C\C#N)s3)c(-c3ccccc3)c(C)c2c1.Cc1c(-c2ccccc2)c(-c2ccc(/C=C\C#N)s2)n2ccccc12.Cc1c(-c2ccccc2)c(-c2ccc(/C=C\C#N)s2)n2ccccc12.Cc1cc2ccccn2c1-c1ccc(/C=C\C#N)s1.Cc1ccc(-c2c(C)c3ccccn3c2-c2ccc(/C=C\C#N)s2)cc1.O=C=O.O=C=O.O=C=O.O=C=O.O=C=O. The zero-order valence-corrected chi connectivity index (χ0v) is 78.7. The zero-order chi connectivity index (χ0) is 98.1. The van der Waals surface area contributed by atoms with Crippen molar-refractivity contribution in [2.24, 2.45) is 0 Å². The van der Waals surface area contributed by atoms with Crippen LogP contribution in [0.5, 0.6) is 5.75 Å². The molecule has 0 unspecified atom stereocenters. The minimum absolute atomic E-state index is 0. The molecule has 138 heavy (non-hydrogen) atoms. The molecule has 15 heterocycles. The number of ether oxygens (including phenoxy) is 1. The highest BCUT2D eigenvalue weighted by atomic mass is 32.1. The second-order valence-electron chi connectivity index (χ2n) is 29.0. The van der Waals surface area contributed by atoms with E-state index in [1.807, 2.05) is 72.8 Å². The fraction of sp³-hybridized carbons (Fsp3) is 0.0714. The van der Waals surface area contributed by atoms with Gasteiger partial charge < -0.3 is 26.7 Å². The van der Waals surface area contributed by atoms with Crippen LogP contribution in [0, 0.1) is 98.2 Å². The fourth-order valence-electron chi connectivity index (χ4n) is 15.6. The summed E-state index contributed by atoms with van der Waals surface area (Å²) in [6, 6.07) is 103. The van der Waals surface area contributed by atoms with E-state index >= 15 is 0 Å². The van der Waals surface area contributed by atoms with Gasteiger partial charge in [-0.05, 0) is 243 Å². The van der Waals surface area contributed by atoms with Crippen LogP contribution in [-0.4, -0.2) is 59.9 Å². The monoisotopic (exact) mass is 1900 g/mol. The minimum Gasteiger partial charge on any atom is -0.497 e. The first kappa shape index (κ1) is 104. The number of pyridine rings is 5. The van der Waals surface area contributed by atoms with E-state index in [4.69, 9.17) is 79.0 Å². The number of rotatable bonds is 15. The lowest BCUT2D eigenvalue weighted by molar-refractivity contribution is -0.193. The van der Waals surface area contributed by atoms with Crippen molar-refractivity contribution in [3.8, 4) is 133 Å². The predicted octanol–water partition coefficient (Wildman–Crippen LogP) is 27.3. The van der Waals surface area contributed by atoms with E-state index in [0.717, 1.165) is 41.3 Å². The van der Waals surface area contributed by atoms with Gasteiger partial charge in [-0.1, -0.05) is 153 Å². The minimum atomic E-state index is 0. The number of nitrogens with zero attached hydrogens (tertiary/aromatic N) is 10. The lowest BCUT2D eigenvalue weighted by atomic mass is 10.00. The van der Waals surface area contributed by atoms with Crippen molar-refractivity contribution in [3.05, 3.63) is 386 Å². The first-order chi connectivity index (χ1) is 66.9. The Labute approximate surface area is 815 Å². The number of fused-ring (bicyclic) bond motifs is 5. The number of aryl methyl sites for hydroxylation is 6. The van der Waals surface area contributed by atoms with Gasteiger partial charge in [0.05, 0.1) is 95.8 Å². The summed E-state index contributed by atoms with van der Waals surface area (Å²) in [5, 5.41) is 43.6. The van der Waals surface area contributed by atoms with E-state index < -0.39 is 0 Å². The fourth-order valence-corrected chi connectivity index (χ4v) is 20.4. The summed E-state index contributed by atoms with van der Waals surface area (Å²) >= 11 is 8.50. The van der Waals surface area contributed by atoms with E-state index in [1.54, 1.807) is 63.8 Å². The van der Waals surface area contributed by atoms with Gasteiger partial charge in [0, 0.05) is 136 Å². The summed E-state index contributed by atoms with van der Waals surface area (Å²) in [6.07, 6.45) is 28.6. The van der Waals surface area contributed by atoms with Gasteiger partial charge in [-0.2, -0.15) is 74.3 Å². The Kier molecular flexibility index (Phi) is 39.8. The molecule has 0 aliphatic carbocycles. The molecule has 0 radical (unpaired) electrons. The number of thiophene rings is 5. The van der Waals surface area contributed by atoms with Gasteiger partial charge in [0.25, 0.3) is 0 Å². The summed E-state index contributed by atoms with van der Waals surface area (Å²) in [6.45, 7) is 13.0. The van der Waals surface area contributed by atoms with Crippen LogP contribution >= 0.6 is 56.7 Å². The maximum atomic E-state index is 8.79. The van der Waals surface area contributed by atoms with Crippen molar-refractivity contribution in [3.63, 3.8) is 0 Å². The Morgan fingerprint density at radius 2 is 0.522 bits per heavy atom. The van der Waals surface area contributed by atoms with Gasteiger partial charge in [0.15, 0.2) is 0 Å². The summed E-state index contributed by atoms with van der Waals surface area (Å²) in [5.74, 6) is 0.845. The molecule has 19 aromatic rings. The molecular weight excluding hydrogens is 1820 g/mol. The topological polar surface area (TPSA) is 321 Å². The van der Waals surface area contributed by atoms with E-state index in [-0.39, 0.29) is 38.2 Å². The second-order valence-corrected chi connectivity index (χ2v) is 34.5. The molecule has 0 amide bonds. The Hall–Kier alpha value is -18.0. The van der Waals surface area contributed by atoms with Crippen LogP contribution in [0.2, 0.25) is 0 Å². The summed E-state index contributed by atoms with van der Waals surface area (Å²) in [5.41, 5.74) is 29.5. The molecule has 0 aliphatic heterocycles. The molecule has 0 spiro atoms. The van der Waals surface area contributed by atoms with Crippen LogP contribution in [0.4, 0.5) is 0 Å². The molecule has 0 saturated heterocycles. The van der Waals surface area contributed by atoms with Gasteiger partial charge in [-0.3, -0.25) is 0 Å². The maximum Gasteiger partial charge on any atom is 0.373 e. The Morgan fingerprint density at radius 1 is 0.268 bits per heavy atom. The molecule has 0 atom stereocenters. The van der Waals surface area contributed by atoms with Gasteiger partial charge in [-0.15, -0.1) is 56.7 Å². The van der Waals surface area contributed by atoms with Crippen LogP contribution in [0.15, 0.2) is 328 Å². The number of allylic oxidation sites excluding steroid dienone is 5. The van der Waals surface area contributed by atoms with E-state index in [2.05, 4.69) is 349 Å². The highest BCUT2D eigenvalue weighted by molar-refractivity contribution is 7.17. The van der Waals surface area contributed by atoms with Crippen LogP contribution < -0.4 is 4.74 Å². The lowest BCUT2D eigenvalue weighted by Gasteiger charge is -2.06. The number of methoxy groups -OCH3 is 1. The molecule has 0 fully saturated rings. The van der Waals surface area contributed by atoms with Gasteiger partial charge in [-0.25, -0.2) is 0 Å². The van der Waals surface area contributed by atoms with Crippen molar-refractivity contribution < 1.29 is 52.7 Å². The van der Waals surface area contributed by atoms with Crippen LogP contribution in [-0.2, 0) is 47.9 Å². The molecule has 0 saturated carbocycles. The molecule has 0 N–H and O–H groups in total. The molecule has 0 bridgehead atoms. The number of hydrogen-bond donors (Lipinski definition) is 0. The van der Waals surface area contributed by atoms with Gasteiger partial charge in [0.2, 0.25) is 0 Å². The molecule has 26 heteroatoms. The molecule has 15 aromatic heterocycles. The van der Waals surface area contributed by atoms with Crippen molar-refractivity contribution in [1.82, 2.24) is 22.0 Å². The average molecular weight is 1910 g/mol. The zero-order valence-electron chi connectivity index (χ0n) is 74.6. The highest BCUT2D eigenvalue weighted by Gasteiger charge is 2.25. The third-order valence-electron chi connectivity index (χ3n) is 21.0. The van der Waals surface area contributed by atoms with Crippen LogP contribution in [0.25, 0.3) is 155 Å². The lowest BCUT2D eigenvalue weighted by Crippen LogP contribution is -1.89. The average Bonchev–Trinajstić information content (AvgIpc) is 1.60. The third-order valence-corrected chi connectivity index (χ3v) is 26.3. The molecule has 4 aromatic carbocycles. The van der Waals surface area contributed by atoms with Gasteiger partial charge >= 0.3 is 30.8 Å². The first-order valence-corrected chi connectivity index (χ1v) is 45.5.